The maximum absolute atomic E-state index is 8.61. The van der Waals surface area contributed by atoms with Crippen LogP contribution in [0.2, 0.25) is 0 Å². The Hall–Kier alpha value is -2.05. The first-order valence-electron chi connectivity index (χ1n) is 7.85. The molecular weight excluding hydrogens is 306 g/mol. The van der Waals surface area contributed by atoms with E-state index < -0.39 is 0 Å². The summed E-state index contributed by atoms with van der Waals surface area (Å²) < 4.78 is 1.95. The molecule has 23 heavy (non-hydrogen) atoms. The zero-order chi connectivity index (χ0) is 15.8. The van der Waals surface area contributed by atoms with Crippen LogP contribution in [-0.4, -0.2) is 33.0 Å². The zero-order valence-corrected chi connectivity index (χ0v) is 13.9. The summed E-state index contributed by atoms with van der Waals surface area (Å²) in [6, 6.07) is 5.95. The molecule has 6 heteroatoms. The number of thiophene rings is 1. The van der Waals surface area contributed by atoms with Gasteiger partial charge in [0.1, 0.15) is 10.3 Å². The second-order valence-electron chi connectivity index (χ2n) is 6.03. The lowest BCUT2D eigenvalue weighted by Gasteiger charge is -2.22. The molecule has 0 radical (unpaired) electrons. The van der Waals surface area contributed by atoms with Gasteiger partial charge in [-0.1, -0.05) is 6.07 Å². The van der Waals surface area contributed by atoms with E-state index in [-0.39, 0.29) is 0 Å². The molecule has 118 valence electrons. The molecule has 0 aromatic carbocycles. The molecule has 1 aliphatic rings. The van der Waals surface area contributed by atoms with Crippen LogP contribution in [0, 0.1) is 5.41 Å². The Balaban J connectivity index is 1.69. The summed E-state index contributed by atoms with van der Waals surface area (Å²) in [5.41, 5.74) is 2.98. The number of rotatable bonds is 3. The van der Waals surface area contributed by atoms with E-state index in [9.17, 15) is 0 Å². The van der Waals surface area contributed by atoms with Crippen LogP contribution in [0.1, 0.15) is 16.1 Å². The van der Waals surface area contributed by atoms with E-state index in [1.807, 2.05) is 29.0 Å². The van der Waals surface area contributed by atoms with Gasteiger partial charge in [0.2, 0.25) is 0 Å². The summed E-state index contributed by atoms with van der Waals surface area (Å²) in [5, 5.41) is 9.66. The summed E-state index contributed by atoms with van der Waals surface area (Å²) in [5.74, 6) is 0. The van der Waals surface area contributed by atoms with E-state index >= 15 is 0 Å². The van der Waals surface area contributed by atoms with E-state index in [1.165, 1.54) is 10.4 Å². The van der Waals surface area contributed by atoms with Crippen LogP contribution in [-0.2, 0) is 25.9 Å². The molecule has 3 aromatic heterocycles. The average molecular weight is 325 g/mol. The maximum Gasteiger partial charge on any atom is 0.136 e. The third-order valence-corrected chi connectivity index (χ3v) is 5.53. The standard InChI is InChI=1S/C17H19N5S/c1-21-8-6-13-14(10-21)23-17-15(13)16(18)22(11-20-17)9-5-12-4-2-3-7-19-12/h2-4,7,11,18H,5-6,8-10H2,1H3. The Morgan fingerprint density at radius 3 is 3.04 bits per heavy atom. The third kappa shape index (κ3) is 2.68. The Bertz CT molecular complexity index is 896. The Morgan fingerprint density at radius 2 is 2.22 bits per heavy atom. The molecule has 0 saturated carbocycles. The fourth-order valence-corrected chi connectivity index (χ4v) is 4.39. The van der Waals surface area contributed by atoms with E-state index in [2.05, 4.69) is 21.9 Å². The minimum atomic E-state index is 0.591. The molecule has 0 spiro atoms. The monoisotopic (exact) mass is 325 g/mol. The van der Waals surface area contributed by atoms with Crippen molar-refractivity contribution in [3.63, 3.8) is 0 Å². The number of aromatic nitrogens is 3. The number of fused-ring (bicyclic) bond motifs is 3. The normalized spacial score (nSPS) is 15.0. The van der Waals surface area contributed by atoms with Gasteiger partial charge in [0, 0.05) is 42.8 Å². The molecule has 0 unspecified atom stereocenters. The Kier molecular flexibility index (Phi) is 3.71. The van der Waals surface area contributed by atoms with Crippen molar-refractivity contribution in [2.45, 2.75) is 25.9 Å². The van der Waals surface area contributed by atoms with Crippen molar-refractivity contribution >= 4 is 21.6 Å². The number of likely N-dealkylation sites (N-methyl/N-ethyl adjacent to an activating group) is 1. The summed E-state index contributed by atoms with van der Waals surface area (Å²) >= 11 is 1.74. The lowest BCUT2D eigenvalue weighted by Crippen LogP contribution is -2.27. The first-order valence-corrected chi connectivity index (χ1v) is 8.67. The number of nitrogens with zero attached hydrogens (tertiary/aromatic N) is 4. The second-order valence-corrected chi connectivity index (χ2v) is 7.11. The van der Waals surface area contributed by atoms with Crippen molar-refractivity contribution < 1.29 is 0 Å². The van der Waals surface area contributed by atoms with Gasteiger partial charge >= 0.3 is 0 Å². The van der Waals surface area contributed by atoms with Gasteiger partial charge in [0.05, 0.1) is 11.7 Å². The molecule has 4 heterocycles. The van der Waals surface area contributed by atoms with Crippen molar-refractivity contribution in [1.82, 2.24) is 19.4 Å². The van der Waals surface area contributed by atoms with Crippen LogP contribution in [0.5, 0.6) is 0 Å². The highest BCUT2D eigenvalue weighted by Crippen LogP contribution is 2.31. The highest BCUT2D eigenvalue weighted by Gasteiger charge is 2.21. The molecule has 0 fully saturated rings. The minimum Gasteiger partial charge on any atom is -0.317 e. The van der Waals surface area contributed by atoms with Crippen LogP contribution in [0.25, 0.3) is 10.2 Å². The number of nitrogens with one attached hydrogen (secondary N) is 1. The van der Waals surface area contributed by atoms with Gasteiger partial charge in [-0.25, -0.2) is 4.98 Å². The van der Waals surface area contributed by atoms with Gasteiger partial charge in [-0.15, -0.1) is 11.3 Å². The zero-order valence-electron chi connectivity index (χ0n) is 13.1. The highest BCUT2D eigenvalue weighted by molar-refractivity contribution is 7.18. The fourth-order valence-electron chi connectivity index (χ4n) is 3.13. The molecule has 0 saturated heterocycles. The minimum absolute atomic E-state index is 0.591. The second kappa shape index (κ2) is 5.86. The van der Waals surface area contributed by atoms with Crippen LogP contribution >= 0.6 is 11.3 Å². The quantitative estimate of drug-likeness (QED) is 0.803. The predicted octanol–water partition coefficient (Wildman–Crippen LogP) is 2.20. The van der Waals surface area contributed by atoms with Crippen LogP contribution in [0.4, 0.5) is 0 Å². The van der Waals surface area contributed by atoms with Gasteiger partial charge in [-0.3, -0.25) is 10.4 Å². The Labute approximate surface area is 138 Å². The Morgan fingerprint density at radius 1 is 1.30 bits per heavy atom. The molecule has 0 aliphatic carbocycles. The molecule has 1 N–H and O–H groups in total. The van der Waals surface area contributed by atoms with E-state index in [1.54, 1.807) is 17.7 Å². The first-order chi connectivity index (χ1) is 11.2. The number of hydrogen-bond acceptors (Lipinski definition) is 5. The molecule has 3 aromatic rings. The molecule has 0 atom stereocenters. The molecule has 4 rings (SSSR count). The lowest BCUT2D eigenvalue weighted by molar-refractivity contribution is 0.318. The predicted molar refractivity (Wildman–Crippen MR) is 91.4 cm³/mol. The van der Waals surface area contributed by atoms with Gasteiger partial charge < -0.3 is 9.47 Å². The smallest absolute Gasteiger partial charge is 0.136 e. The summed E-state index contributed by atoms with van der Waals surface area (Å²) in [6.07, 6.45) is 5.46. The van der Waals surface area contributed by atoms with Crippen molar-refractivity contribution in [2.75, 3.05) is 13.6 Å². The summed E-state index contributed by atoms with van der Waals surface area (Å²) in [4.78, 5) is 13.7. The molecule has 0 amide bonds. The van der Waals surface area contributed by atoms with Crippen molar-refractivity contribution in [2.24, 2.45) is 0 Å². The third-order valence-electron chi connectivity index (χ3n) is 4.40. The van der Waals surface area contributed by atoms with E-state index in [0.29, 0.717) is 5.49 Å². The van der Waals surface area contributed by atoms with Crippen molar-refractivity contribution in [1.29, 1.82) is 5.41 Å². The molecule has 0 bridgehead atoms. The highest BCUT2D eigenvalue weighted by atomic mass is 32.1. The van der Waals surface area contributed by atoms with Crippen LogP contribution in [0.3, 0.4) is 0 Å². The van der Waals surface area contributed by atoms with Gasteiger partial charge in [0.15, 0.2) is 0 Å². The SMILES string of the molecule is CN1CCc2c(sc3ncn(CCc4ccccn4)c(=N)c23)C1. The van der Waals surface area contributed by atoms with Gasteiger partial charge in [-0.2, -0.15) is 0 Å². The first kappa shape index (κ1) is 14.5. The fraction of sp³-hybridized carbons (Fsp3) is 0.353. The van der Waals surface area contributed by atoms with Crippen LogP contribution < -0.4 is 5.49 Å². The summed E-state index contributed by atoms with van der Waals surface area (Å²) in [6.45, 7) is 2.77. The lowest BCUT2D eigenvalue weighted by atomic mass is 10.1. The van der Waals surface area contributed by atoms with Gasteiger partial charge in [0.25, 0.3) is 0 Å². The maximum atomic E-state index is 8.61. The number of aryl methyl sites for hydroxylation is 2. The van der Waals surface area contributed by atoms with Crippen molar-refractivity contribution in [3.05, 3.63) is 52.3 Å². The largest absolute Gasteiger partial charge is 0.317 e. The molecule has 1 aliphatic heterocycles. The van der Waals surface area contributed by atoms with E-state index in [4.69, 9.17) is 5.41 Å². The number of hydrogen-bond donors (Lipinski definition) is 1. The van der Waals surface area contributed by atoms with E-state index in [0.717, 1.165) is 48.4 Å². The van der Waals surface area contributed by atoms with Gasteiger partial charge in [-0.05, 0) is 31.2 Å². The molecule has 5 nitrogen and oxygen atoms in total. The number of pyridine rings is 1. The summed E-state index contributed by atoms with van der Waals surface area (Å²) in [7, 11) is 2.15. The van der Waals surface area contributed by atoms with Crippen LogP contribution in [0.15, 0.2) is 30.7 Å². The average Bonchev–Trinajstić information content (AvgIpc) is 2.93. The van der Waals surface area contributed by atoms with Crippen molar-refractivity contribution in [3.8, 4) is 0 Å². The molecular formula is C17H19N5S. The topological polar surface area (TPSA) is 57.8 Å².